The summed E-state index contributed by atoms with van der Waals surface area (Å²) < 4.78 is 1.09. The largest absolute Gasteiger partial charge is 0.380 e. The van der Waals surface area contributed by atoms with Crippen LogP contribution in [-0.2, 0) is 0 Å². The fraction of sp³-hybridized carbons (Fsp3) is 0.455. The van der Waals surface area contributed by atoms with Gasteiger partial charge in [-0.05, 0) is 47.0 Å². The van der Waals surface area contributed by atoms with E-state index in [4.69, 9.17) is 5.73 Å². The Morgan fingerprint density at radius 3 is 2.79 bits per heavy atom. The first-order valence-corrected chi connectivity index (χ1v) is 5.69. The Morgan fingerprint density at radius 2 is 2.21 bits per heavy atom. The molecule has 0 aliphatic carbocycles. The zero-order valence-electron chi connectivity index (χ0n) is 8.68. The lowest BCUT2D eigenvalue weighted by Gasteiger charge is -2.17. The minimum Gasteiger partial charge on any atom is -0.380 e. The van der Waals surface area contributed by atoms with Crippen LogP contribution in [0.2, 0.25) is 0 Å². The summed E-state index contributed by atoms with van der Waals surface area (Å²) in [7, 11) is 0. The highest BCUT2D eigenvalue weighted by molar-refractivity contribution is 9.10. The van der Waals surface area contributed by atoms with Gasteiger partial charge in [-0.25, -0.2) is 0 Å². The molecule has 0 aliphatic heterocycles. The number of nitrogens with two attached hydrogens (primary N) is 1. The zero-order chi connectivity index (χ0) is 10.6. The molecule has 78 valence electrons. The van der Waals surface area contributed by atoms with Crippen molar-refractivity contribution in [2.24, 2.45) is 5.73 Å². The van der Waals surface area contributed by atoms with Crippen molar-refractivity contribution < 1.29 is 0 Å². The number of nitrogens with one attached hydrogen (secondary N) is 1. The average molecular weight is 257 g/mol. The van der Waals surface area contributed by atoms with Crippen molar-refractivity contribution in [3.8, 4) is 0 Å². The van der Waals surface area contributed by atoms with E-state index in [1.807, 2.05) is 0 Å². The van der Waals surface area contributed by atoms with Gasteiger partial charge in [0.2, 0.25) is 0 Å². The van der Waals surface area contributed by atoms with Gasteiger partial charge in [-0.15, -0.1) is 0 Å². The van der Waals surface area contributed by atoms with Crippen molar-refractivity contribution in [2.45, 2.75) is 26.3 Å². The molecule has 0 spiro atoms. The Bertz CT molecular complexity index is 295. The number of rotatable bonds is 4. The van der Waals surface area contributed by atoms with E-state index >= 15 is 0 Å². The molecule has 1 aromatic rings. The Labute approximate surface area is 94.0 Å². The van der Waals surface area contributed by atoms with Gasteiger partial charge >= 0.3 is 0 Å². The predicted octanol–water partition coefficient (Wildman–Crippen LogP) is 2.91. The van der Waals surface area contributed by atoms with E-state index in [0.29, 0.717) is 12.6 Å². The summed E-state index contributed by atoms with van der Waals surface area (Å²) in [6.07, 6.45) is 1.04. The summed E-state index contributed by atoms with van der Waals surface area (Å²) in [6.45, 7) is 4.88. The molecular weight excluding hydrogens is 240 g/mol. The van der Waals surface area contributed by atoms with Gasteiger partial charge in [0.1, 0.15) is 0 Å². The molecule has 1 unspecified atom stereocenters. The zero-order valence-corrected chi connectivity index (χ0v) is 10.3. The van der Waals surface area contributed by atoms with Crippen molar-refractivity contribution in [1.29, 1.82) is 0 Å². The molecule has 0 saturated heterocycles. The van der Waals surface area contributed by atoms with Crippen molar-refractivity contribution in [1.82, 2.24) is 0 Å². The molecule has 0 radical (unpaired) electrons. The van der Waals surface area contributed by atoms with E-state index in [1.54, 1.807) is 0 Å². The third kappa shape index (κ3) is 3.00. The Hall–Kier alpha value is -0.540. The van der Waals surface area contributed by atoms with Crippen LogP contribution in [0.5, 0.6) is 0 Å². The van der Waals surface area contributed by atoms with Crippen LogP contribution in [0.1, 0.15) is 18.9 Å². The summed E-state index contributed by atoms with van der Waals surface area (Å²) in [5, 5.41) is 3.42. The molecule has 0 bridgehead atoms. The molecule has 0 aromatic heterocycles. The number of benzene rings is 1. The number of hydrogen-bond acceptors (Lipinski definition) is 2. The van der Waals surface area contributed by atoms with Gasteiger partial charge < -0.3 is 11.1 Å². The highest BCUT2D eigenvalue weighted by atomic mass is 79.9. The maximum absolute atomic E-state index is 5.64. The lowest BCUT2D eigenvalue weighted by molar-refractivity contribution is 0.703. The normalized spacial score (nSPS) is 12.6. The van der Waals surface area contributed by atoms with E-state index in [1.165, 1.54) is 5.56 Å². The highest BCUT2D eigenvalue weighted by Gasteiger charge is 2.05. The molecule has 3 heteroatoms. The first-order valence-electron chi connectivity index (χ1n) is 4.90. The Balaban J connectivity index is 2.79. The fourth-order valence-corrected chi connectivity index (χ4v) is 1.66. The van der Waals surface area contributed by atoms with Gasteiger partial charge in [-0.1, -0.05) is 13.0 Å². The lowest BCUT2D eigenvalue weighted by atomic mass is 10.2. The third-order valence-electron chi connectivity index (χ3n) is 2.26. The summed E-state index contributed by atoms with van der Waals surface area (Å²) in [5.74, 6) is 0. The fourth-order valence-electron chi connectivity index (χ4n) is 1.30. The number of anilines is 1. The Morgan fingerprint density at radius 1 is 1.50 bits per heavy atom. The van der Waals surface area contributed by atoms with Crippen LogP contribution in [0, 0.1) is 6.92 Å². The molecule has 14 heavy (non-hydrogen) atoms. The van der Waals surface area contributed by atoms with Crippen LogP contribution in [0.4, 0.5) is 5.69 Å². The van der Waals surface area contributed by atoms with E-state index in [9.17, 15) is 0 Å². The second kappa shape index (κ2) is 5.37. The lowest BCUT2D eigenvalue weighted by Crippen LogP contribution is -2.28. The van der Waals surface area contributed by atoms with Crippen LogP contribution in [0.3, 0.4) is 0 Å². The van der Waals surface area contributed by atoms with Crippen molar-refractivity contribution in [3.63, 3.8) is 0 Å². The molecule has 0 fully saturated rings. The predicted molar refractivity (Wildman–Crippen MR) is 65.6 cm³/mol. The molecule has 2 nitrogen and oxygen atoms in total. The van der Waals surface area contributed by atoms with E-state index in [-0.39, 0.29) is 0 Å². The molecule has 1 aromatic carbocycles. The highest BCUT2D eigenvalue weighted by Crippen LogP contribution is 2.24. The standard InChI is InChI=1S/C11H17BrN2/c1-3-9(7-13)14-11-6-8(2)4-5-10(11)12/h4-6,9,14H,3,7,13H2,1-2H3. The van der Waals surface area contributed by atoms with Crippen molar-refractivity contribution in [3.05, 3.63) is 28.2 Å². The van der Waals surface area contributed by atoms with Crippen LogP contribution in [0.25, 0.3) is 0 Å². The van der Waals surface area contributed by atoms with E-state index in [0.717, 1.165) is 16.6 Å². The van der Waals surface area contributed by atoms with Gasteiger partial charge in [0.25, 0.3) is 0 Å². The second-order valence-electron chi connectivity index (χ2n) is 3.47. The molecule has 0 aliphatic rings. The number of halogens is 1. The summed E-state index contributed by atoms with van der Waals surface area (Å²) in [5.41, 5.74) is 8.02. The Kier molecular flexibility index (Phi) is 4.42. The van der Waals surface area contributed by atoms with Gasteiger partial charge in [0.05, 0.1) is 0 Å². The second-order valence-corrected chi connectivity index (χ2v) is 4.32. The molecule has 0 heterocycles. The number of hydrogen-bond donors (Lipinski definition) is 2. The third-order valence-corrected chi connectivity index (χ3v) is 2.95. The maximum atomic E-state index is 5.64. The quantitative estimate of drug-likeness (QED) is 0.870. The van der Waals surface area contributed by atoms with E-state index in [2.05, 4.69) is 53.3 Å². The first-order chi connectivity index (χ1) is 6.67. The van der Waals surface area contributed by atoms with Gasteiger partial charge in [-0.2, -0.15) is 0 Å². The summed E-state index contributed by atoms with van der Waals surface area (Å²) >= 11 is 3.51. The minimum atomic E-state index is 0.355. The van der Waals surface area contributed by atoms with Gasteiger partial charge in [-0.3, -0.25) is 0 Å². The van der Waals surface area contributed by atoms with Crippen LogP contribution >= 0.6 is 15.9 Å². The molecule has 3 N–H and O–H groups in total. The van der Waals surface area contributed by atoms with Gasteiger partial charge in [0, 0.05) is 22.7 Å². The SMILES string of the molecule is CCC(CN)Nc1cc(C)ccc1Br. The van der Waals surface area contributed by atoms with Crippen LogP contribution in [0.15, 0.2) is 22.7 Å². The molecule has 0 saturated carbocycles. The minimum absolute atomic E-state index is 0.355. The number of aryl methyl sites for hydroxylation is 1. The smallest absolute Gasteiger partial charge is 0.0489 e. The van der Waals surface area contributed by atoms with Crippen molar-refractivity contribution >= 4 is 21.6 Å². The van der Waals surface area contributed by atoms with E-state index < -0.39 is 0 Å². The topological polar surface area (TPSA) is 38.0 Å². The molecule has 0 amide bonds. The summed E-state index contributed by atoms with van der Waals surface area (Å²) in [4.78, 5) is 0. The summed E-state index contributed by atoms with van der Waals surface area (Å²) in [6, 6.07) is 6.62. The first kappa shape index (κ1) is 11.5. The van der Waals surface area contributed by atoms with Crippen LogP contribution in [-0.4, -0.2) is 12.6 Å². The molecular formula is C11H17BrN2. The monoisotopic (exact) mass is 256 g/mol. The van der Waals surface area contributed by atoms with Crippen molar-refractivity contribution in [2.75, 3.05) is 11.9 Å². The van der Waals surface area contributed by atoms with Crippen LogP contribution < -0.4 is 11.1 Å². The average Bonchev–Trinajstić information content (AvgIpc) is 2.19. The molecule has 1 rings (SSSR count). The maximum Gasteiger partial charge on any atom is 0.0489 e. The molecule has 1 atom stereocenters. The van der Waals surface area contributed by atoms with Gasteiger partial charge in [0.15, 0.2) is 0 Å².